The van der Waals surface area contributed by atoms with Crippen molar-refractivity contribution >= 4 is 33.2 Å². The van der Waals surface area contributed by atoms with Crippen molar-refractivity contribution in [3.05, 3.63) is 17.5 Å². The molecule has 2 N–H and O–H groups in total. The van der Waals surface area contributed by atoms with E-state index in [1.54, 1.807) is 11.4 Å². The van der Waals surface area contributed by atoms with E-state index in [0.717, 1.165) is 37.0 Å². The molecule has 0 radical (unpaired) electrons. The lowest BCUT2D eigenvalue weighted by Gasteiger charge is -2.26. The number of ether oxygens (including phenoxy) is 1. The summed E-state index contributed by atoms with van der Waals surface area (Å²) in [5, 5.41) is 4.53. The lowest BCUT2D eigenvalue weighted by atomic mass is 9.87. The smallest absolute Gasteiger partial charge is 0.307 e. The van der Waals surface area contributed by atoms with E-state index in [9.17, 15) is 18.0 Å². The Kier molecular flexibility index (Phi) is 7.39. The Hall–Kier alpha value is -1.45. The first-order valence-corrected chi connectivity index (χ1v) is 10.7. The maximum absolute atomic E-state index is 11.9. The zero-order valence-corrected chi connectivity index (χ0v) is 15.8. The van der Waals surface area contributed by atoms with Crippen molar-refractivity contribution in [2.24, 2.45) is 5.92 Å². The van der Waals surface area contributed by atoms with Gasteiger partial charge in [0, 0.05) is 12.6 Å². The topological polar surface area (TPSA) is 102 Å². The Bertz CT molecular complexity index is 665. The molecule has 1 aliphatic carbocycles. The van der Waals surface area contributed by atoms with Gasteiger partial charge in [-0.2, -0.15) is 0 Å². The Labute approximate surface area is 152 Å². The molecule has 7 nitrogen and oxygen atoms in total. The van der Waals surface area contributed by atoms with Gasteiger partial charge in [-0.25, -0.2) is 13.1 Å². The Balaban J connectivity index is 1.61. The molecule has 1 aromatic heterocycles. The van der Waals surface area contributed by atoms with Gasteiger partial charge in [0.05, 0.1) is 6.42 Å². The monoisotopic (exact) mass is 388 g/mol. The normalized spacial score (nSPS) is 20.8. The second kappa shape index (κ2) is 9.30. The highest BCUT2D eigenvalue weighted by molar-refractivity contribution is 7.91. The van der Waals surface area contributed by atoms with Crippen LogP contribution in [0.25, 0.3) is 0 Å². The molecule has 0 unspecified atom stereocenters. The molecule has 1 amide bonds. The van der Waals surface area contributed by atoms with Crippen LogP contribution in [0.5, 0.6) is 0 Å². The van der Waals surface area contributed by atoms with Crippen LogP contribution in [-0.4, -0.2) is 39.5 Å². The zero-order chi connectivity index (χ0) is 18.3. The van der Waals surface area contributed by atoms with Gasteiger partial charge in [-0.1, -0.05) is 13.0 Å². The summed E-state index contributed by atoms with van der Waals surface area (Å²) in [7, 11) is -3.59. The summed E-state index contributed by atoms with van der Waals surface area (Å²) in [6.07, 6.45) is 3.96. The van der Waals surface area contributed by atoms with E-state index in [0.29, 0.717) is 5.92 Å². The fraction of sp³-hybridized carbons (Fsp3) is 0.625. The van der Waals surface area contributed by atoms with Crippen molar-refractivity contribution in [1.29, 1.82) is 0 Å². The molecule has 1 aromatic rings. The fourth-order valence-electron chi connectivity index (χ4n) is 2.67. The van der Waals surface area contributed by atoms with Gasteiger partial charge in [0.2, 0.25) is 10.0 Å². The van der Waals surface area contributed by atoms with E-state index >= 15 is 0 Å². The Morgan fingerprint density at radius 3 is 2.64 bits per heavy atom. The van der Waals surface area contributed by atoms with E-state index in [1.165, 1.54) is 6.07 Å². The summed E-state index contributed by atoms with van der Waals surface area (Å²) < 4.78 is 31.2. The molecular weight excluding hydrogens is 364 g/mol. The number of nitrogens with one attached hydrogen (secondary N) is 2. The second-order valence-electron chi connectivity index (χ2n) is 6.26. The molecule has 140 valence electrons. The third-order valence-corrected chi connectivity index (χ3v) is 6.98. The standard InChI is InChI=1S/C16H24N2O5S2/c1-12-4-6-13(7-5-12)18-14(19)11-23-15(20)8-9-17-25(21,22)16-3-2-10-24-16/h2-3,10,12-13,17H,4-9,11H2,1H3,(H,18,19). The van der Waals surface area contributed by atoms with Gasteiger partial charge in [0.25, 0.3) is 5.91 Å². The molecule has 0 bridgehead atoms. The summed E-state index contributed by atoms with van der Waals surface area (Å²) in [6.45, 7) is 1.80. The van der Waals surface area contributed by atoms with Crippen LogP contribution in [0.4, 0.5) is 0 Å². The van der Waals surface area contributed by atoms with E-state index in [2.05, 4.69) is 17.0 Å². The minimum absolute atomic E-state index is 0.0683. The summed E-state index contributed by atoms with van der Waals surface area (Å²) in [5.41, 5.74) is 0. The van der Waals surface area contributed by atoms with E-state index in [4.69, 9.17) is 4.74 Å². The minimum Gasteiger partial charge on any atom is -0.456 e. The summed E-state index contributed by atoms with van der Waals surface area (Å²) in [6, 6.07) is 3.28. The third-order valence-electron chi connectivity index (χ3n) is 4.13. The molecule has 2 rings (SSSR count). The van der Waals surface area contributed by atoms with Crippen LogP contribution in [0.15, 0.2) is 21.7 Å². The van der Waals surface area contributed by atoms with Crippen LogP contribution in [-0.2, 0) is 24.3 Å². The van der Waals surface area contributed by atoms with Crippen molar-refractivity contribution in [2.45, 2.75) is 49.3 Å². The number of carbonyl (C=O) groups is 2. The average molecular weight is 389 g/mol. The van der Waals surface area contributed by atoms with Gasteiger partial charge in [-0.05, 0) is 43.0 Å². The second-order valence-corrected chi connectivity index (χ2v) is 9.21. The molecule has 1 aliphatic rings. The molecule has 25 heavy (non-hydrogen) atoms. The van der Waals surface area contributed by atoms with Crippen LogP contribution in [0.3, 0.4) is 0 Å². The van der Waals surface area contributed by atoms with Gasteiger partial charge < -0.3 is 10.1 Å². The van der Waals surface area contributed by atoms with Crippen LogP contribution < -0.4 is 10.0 Å². The van der Waals surface area contributed by atoms with Crippen LogP contribution in [0, 0.1) is 5.92 Å². The summed E-state index contributed by atoms with van der Waals surface area (Å²) in [4.78, 5) is 23.4. The Morgan fingerprint density at radius 1 is 1.28 bits per heavy atom. The zero-order valence-electron chi connectivity index (χ0n) is 14.2. The first kappa shape index (κ1) is 19.9. The molecular formula is C16H24N2O5S2. The molecule has 1 fully saturated rings. The van der Waals surface area contributed by atoms with Gasteiger partial charge in [-0.15, -0.1) is 11.3 Å². The SMILES string of the molecule is CC1CCC(NC(=O)COC(=O)CCNS(=O)(=O)c2cccs2)CC1. The van der Waals surface area contributed by atoms with E-state index in [-0.39, 0.29) is 35.7 Å². The van der Waals surface area contributed by atoms with E-state index < -0.39 is 16.0 Å². The van der Waals surface area contributed by atoms with Crippen molar-refractivity contribution in [1.82, 2.24) is 10.0 Å². The highest BCUT2D eigenvalue weighted by atomic mass is 32.2. The van der Waals surface area contributed by atoms with Crippen LogP contribution in [0.1, 0.15) is 39.0 Å². The lowest BCUT2D eigenvalue weighted by Crippen LogP contribution is -2.39. The quantitative estimate of drug-likeness (QED) is 0.660. The Morgan fingerprint density at radius 2 is 2.00 bits per heavy atom. The van der Waals surface area contributed by atoms with Crippen molar-refractivity contribution in [2.75, 3.05) is 13.2 Å². The highest BCUT2D eigenvalue weighted by Gasteiger charge is 2.20. The number of sulfonamides is 1. The van der Waals surface area contributed by atoms with Crippen molar-refractivity contribution in [3.63, 3.8) is 0 Å². The molecule has 0 atom stereocenters. The fourth-order valence-corrected chi connectivity index (χ4v) is 4.74. The maximum atomic E-state index is 11.9. The number of amides is 1. The minimum atomic E-state index is -3.59. The number of thiophene rings is 1. The molecule has 0 aromatic carbocycles. The highest BCUT2D eigenvalue weighted by Crippen LogP contribution is 2.23. The number of esters is 1. The number of hydrogen-bond acceptors (Lipinski definition) is 6. The lowest BCUT2D eigenvalue weighted by molar-refractivity contribution is -0.148. The third kappa shape index (κ3) is 6.75. The number of hydrogen-bond donors (Lipinski definition) is 2. The largest absolute Gasteiger partial charge is 0.456 e. The van der Waals surface area contributed by atoms with Crippen molar-refractivity contribution in [3.8, 4) is 0 Å². The average Bonchev–Trinajstić information content (AvgIpc) is 3.10. The predicted molar refractivity (Wildman–Crippen MR) is 94.6 cm³/mol. The van der Waals surface area contributed by atoms with Crippen molar-refractivity contribution < 1.29 is 22.7 Å². The van der Waals surface area contributed by atoms with E-state index in [1.807, 2.05) is 0 Å². The first-order valence-electron chi connectivity index (χ1n) is 8.35. The summed E-state index contributed by atoms with van der Waals surface area (Å²) >= 11 is 1.10. The predicted octanol–water partition coefficient (Wildman–Crippen LogP) is 1.65. The van der Waals surface area contributed by atoms with Gasteiger partial charge in [-0.3, -0.25) is 9.59 Å². The van der Waals surface area contributed by atoms with Gasteiger partial charge in [0.1, 0.15) is 4.21 Å². The first-order chi connectivity index (χ1) is 11.9. The number of rotatable bonds is 8. The molecule has 1 heterocycles. The van der Waals surface area contributed by atoms with Crippen LogP contribution in [0.2, 0.25) is 0 Å². The molecule has 0 aliphatic heterocycles. The molecule has 9 heteroatoms. The van der Waals surface area contributed by atoms with Crippen LogP contribution >= 0.6 is 11.3 Å². The molecule has 0 saturated heterocycles. The van der Waals surface area contributed by atoms with Gasteiger partial charge in [0.15, 0.2) is 6.61 Å². The summed E-state index contributed by atoms with van der Waals surface area (Å²) in [5.74, 6) is -0.225. The molecule has 0 spiro atoms. The maximum Gasteiger partial charge on any atom is 0.307 e. The molecule has 1 saturated carbocycles. The van der Waals surface area contributed by atoms with Gasteiger partial charge >= 0.3 is 5.97 Å². The number of carbonyl (C=O) groups excluding carboxylic acids is 2.